The van der Waals surface area contributed by atoms with E-state index in [1.807, 2.05) is 0 Å². The standard InChI is InChI=1S/C12H22ClNO5S/c1-6-18-11(15)10(9(2)7-8-13)14-20(16,17)19-12(3,4)5/h7,10,14H,6,8H2,1-5H3/b9-7+/t10-/m0/s1. The van der Waals surface area contributed by atoms with E-state index in [1.165, 1.54) is 6.08 Å². The number of halogens is 1. The Labute approximate surface area is 125 Å². The van der Waals surface area contributed by atoms with Gasteiger partial charge >= 0.3 is 16.3 Å². The molecule has 0 rings (SSSR count). The van der Waals surface area contributed by atoms with Gasteiger partial charge in [0.2, 0.25) is 0 Å². The fourth-order valence-electron chi connectivity index (χ4n) is 1.29. The third-order valence-electron chi connectivity index (χ3n) is 2.00. The highest BCUT2D eigenvalue weighted by Crippen LogP contribution is 2.13. The van der Waals surface area contributed by atoms with Gasteiger partial charge in [-0.15, -0.1) is 11.6 Å². The molecular formula is C12H22ClNO5S. The lowest BCUT2D eigenvalue weighted by Gasteiger charge is -2.22. The number of carbonyl (C=O) groups is 1. The maximum Gasteiger partial charge on any atom is 0.337 e. The molecule has 0 radical (unpaired) electrons. The van der Waals surface area contributed by atoms with E-state index in [0.717, 1.165) is 0 Å². The molecule has 0 saturated heterocycles. The largest absolute Gasteiger partial charge is 0.465 e. The molecule has 0 saturated carbocycles. The van der Waals surface area contributed by atoms with E-state index >= 15 is 0 Å². The van der Waals surface area contributed by atoms with E-state index in [1.54, 1.807) is 34.6 Å². The normalized spacial score (nSPS) is 15.0. The van der Waals surface area contributed by atoms with Crippen molar-refractivity contribution in [3.8, 4) is 0 Å². The summed E-state index contributed by atoms with van der Waals surface area (Å²) in [4.78, 5) is 11.8. The van der Waals surface area contributed by atoms with Crippen LogP contribution in [0.4, 0.5) is 0 Å². The predicted octanol–water partition coefficient (Wildman–Crippen LogP) is 1.75. The van der Waals surface area contributed by atoms with Crippen LogP contribution >= 0.6 is 11.6 Å². The predicted molar refractivity (Wildman–Crippen MR) is 77.8 cm³/mol. The van der Waals surface area contributed by atoms with Crippen molar-refractivity contribution in [1.29, 1.82) is 0 Å². The second-order valence-corrected chi connectivity index (χ2v) is 6.67. The molecule has 0 spiro atoms. The van der Waals surface area contributed by atoms with Gasteiger partial charge in [0.1, 0.15) is 6.04 Å². The van der Waals surface area contributed by atoms with Crippen LogP contribution in [0.5, 0.6) is 0 Å². The Hall–Kier alpha value is -0.630. The SMILES string of the molecule is CCOC(=O)[C@@H](NS(=O)(=O)OC(C)(C)C)/C(C)=C/CCl. The average molecular weight is 328 g/mol. The van der Waals surface area contributed by atoms with Crippen LogP contribution in [0, 0.1) is 0 Å². The molecule has 1 N–H and O–H groups in total. The Kier molecular flexibility index (Phi) is 7.72. The van der Waals surface area contributed by atoms with Gasteiger partial charge in [-0.1, -0.05) is 6.08 Å². The van der Waals surface area contributed by atoms with Gasteiger partial charge in [0.25, 0.3) is 0 Å². The number of ether oxygens (including phenoxy) is 1. The fraction of sp³-hybridized carbons (Fsp3) is 0.750. The summed E-state index contributed by atoms with van der Waals surface area (Å²) in [5.74, 6) is -0.545. The van der Waals surface area contributed by atoms with E-state index in [0.29, 0.717) is 5.57 Å². The molecule has 1 atom stereocenters. The minimum absolute atomic E-state index is 0.144. The highest BCUT2D eigenvalue weighted by molar-refractivity contribution is 7.84. The summed E-state index contributed by atoms with van der Waals surface area (Å²) in [6.45, 7) is 8.14. The minimum Gasteiger partial charge on any atom is -0.465 e. The maximum absolute atomic E-state index is 11.9. The number of hydrogen-bond donors (Lipinski definition) is 1. The molecule has 0 fully saturated rings. The van der Waals surface area contributed by atoms with Crippen molar-refractivity contribution >= 4 is 27.9 Å². The number of esters is 1. The quantitative estimate of drug-likeness (QED) is 0.437. The average Bonchev–Trinajstić information content (AvgIpc) is 2.23. The fourth-order valence-corrected chi connectivity index (χ4v) is 2.81. The van der Waals surface area contributed by atoms with Crippen LogP contribution in [0.25, 0.3) is 0 Å². The van der Waals surface area contributed by atoms with E-state index in [4.69, 9.17) is 20.5 Å². The van der Waals surface area contributed by atoms with Crippen LogP contribution < -0.4 is 4.72 Å². The smallest absolute Gasteiger partial charge is 0.337 e. The Morgan fingerprint density at radius 1 is 1.40 bits per heavy atom. The van der Waals surface area contributed by atoms with Crippen LogP contribution in [0.3, 0.4) is 0 Å². The summed E-state index contributed by atoms with van der Waals surface area (Å²) >= 11 is 5.56. The van der Waals surface area contributed by atoms with Gasteiger partial charge in [0.05, 0.1) is 12.2 Å². The van der Waals surface area contributed by atoms with Gasteiger partial charge in [-0.2, -0.15) is 13.1 Å². The molecule has 0 aliphatic heterocycles. The Morgan fingerprint density at radius 2 is 1.95 bits per heavy atom. The highest BCUT2D eigenvalue weighted by atomic mass is 35.5. The molecule has 0 heterocycles. The van der Waals surface area contributed by atoms with Crippen LogP contribution in [-0.4, -0.2) is 38.5 Å². The third-order valence-corrected chi connectivity index (χ3v) is 3.40. The van der Waals surface area contributed by atoms with Crippen molar-refractivity contribution in [1.82, 2.24) is 4.72 Å². The van der Waals surface area contributed by atoms with Gasteiger partial charge in [-0.25, -0.2) is 4.79 Å². The molecule has 8 heteroatoms. The monoisotopic (exact) mass is 327 g/mol. The molecule has 0 aliphatic rings. The lowest BCUT2D eigenvalue weighted by molar-refractivity contribution is -0.144. The van der Waals surface area contributed by atoms with Gasteiger partial charge in [-0.05, 0) is 40.2 Å². The summed E-state index contributed by atoms with van der Waals surface area (Å²) in [6, 6.07) is -1.15. The first-order valence-electron chi connectivity index (χ1n) is 6.14. The molecule has 0 unspecified atom stereocenters. The maximum atomic E-state index is 11.9. The third kappa shape index (κ3) is 7.84. The summed E-state index contributed by atoms with van der Waals surface area (Å²) in [6.07, 6.45) is 1.53. The lowest BCUT2D eigenvalue weighted by atomic mass is 10.1. The molecule has 20 heavy (non-hydrogen) atoms. The second kappa shape index (κ2) is 7.97. The highest BCUT2D eigenvalue weighted by Gasteiger charge is 2.30. The van der Waals surface area contributed by atoms with Crippen molar-refractivity contribution in [3.05, 3.63) is 11.6 Å². The molecule has 6 nitrogen and oxygen atoms in total. The Balaban J connectivity index is 5.17. The van der Waals surface area contributed by atoms with E-state index in [9.17, 15) is 13.2 Å². The number of rotatable bonds is 7. The van der Waals surface area contributed by atoms with Gasteiger partial charge in [0.15, 0.2) is 0 Å². The summed E-state index contributed by atoms with van der Waals surface area (Å²) in [5.41, 5.74) is -0.464. The number of carbonyl (C=O) groups excluding carboxylic acids is 1. The number of allylic oxidation sites excluding steroid dienone is 1. The molecular weight excluding hydrogens is 306 g/mol. The molecule has 118 valence electrons. The first kappa shape index (κ1) is 19.4. The summed E-state index contributed by atoms with van der Waals surface area (Å²) in [5, 5.41) is 0. The topological polar surface area (TPSA) is 81.7 Å². The molecule has 0 aliphatic carbocycles. The zero-order valence-electron chi connectivity index (χ0n) is 12.4. The van der Waals surface area contributed by atoms with Crippen molar-refractivity contribution in [2.24, 2.45) is 0 Å². The van der Waals surface area contributed by atoms with E-state index < -0.39 is 27.9 Å². The van der Waals surface area contributed by atoms with E-state index in [-0.39, 0.29) is 12.5 Å². The molecule has 0 aromatic heterocycles. The molecule has 0 aromatic rings. The van der Waals surface area contributed by atoms with Crippen LogP contribution in [0.1, 0.15) is 34.6 Å². The second-order valence-electron chi connectivity index (χ2n) is 5.06. The first-order valence-corrected chi connectivity index (χ1v) is 8.09. The minimum atomic E-state index is -4.10. The molecule has 0 aromatic carbocycles. The van der Waals surface area contributed by atoms with Crippen LogP contribution in [0.2, 0.25) is 0 Å². The van der Waals surface area contributed by atoms with Crippen molar-refractivity contribution in [2.45, 2.75) is 46.3 Å². The zero-order valence-corrected chi connectivity index (χ0v) is 14.0. The van der Waals surface area contributed by atoms with Crippen molar-refractivity contribution in [2.75, 3.05) is 12.5 Å². The van der Waals surface area contributed by atoms with E-state index in [2.05, 4.69) is 4.72 Å². The van der Waals surface area contributed by atoms with Gasteiger partial charge in [0, 0.05) is 5.88 Å². The zero-order chi connectivity index (χ0) is 16.0. The Morgan fingerprint density at radius 3 is 2.35 bits per heavy atom. The van der Waals surface area contributed by atoms with Crippen LogP contribution in [0.15, 0.2) is 11.6 Å². The summed E-state index contributed by atoms with van der Waals surface area (Å²) in [7, 11) is -4.10. The van der Waals surface area contributed by atoms with Gasteiger partial charge < -0.3 is 4.74 Å². The first-order chi connectivity index (χ1) is 9.02. The van der Waals surface area contributed by atoms with Crippen LogP contribution in [-0.2, 0) is 24.0 Å². The Bertz CT molecular complexity index is 453. The van der Waals surface area contributed by atoms with Crippen molar-refractivity contribution in [3.63, 3.8) is 0 Å². The lowest BCUT2D eigenvalue weighted by Crippen LogP contribution is -2.45. The van der Waals surface area contributed by atoms with Gasteiger partial charge in [-0.3, -0.25) is 4.18 Å². The number of alkyl halides is 1. The molecule has 0 bridgehead atoms. The number of nitrogens with one attached hydrogen (secondary N) is 1. The molecule has 0 amide bonds. The summed E-state index contributed by atoms with van der Waals surface area (Å²) < 4.78 is 35.7. The number of hydrogen-bond acceptors (Lipinski definition) is 5. The van der Waals surface area contributed by atoms with Crippen molar-refractivity contribution < 1.29 is 22.1 Å².